The number of carboxylic acid groups (broad SMARTS) is 1. The van der Waals surface area contributed by atoms with Crippen LogP contribution < -0.4 is 10.1 Å². The van der Waals surface area contributed by atoms with Crippen LogP contribution in [0.4, 0.5) is 24.8 Å². The van der Waals surface area contributed by atoms with Gasteiger partial charge in [-0.15, -0.1) is 13.2 Å². The summed E-state index contributed by atoms with van der Waals surface area (Å²) >= 11 is 0. The normalized spacial score (nSPS) is 19.1. The van der Waals surface area contributed by atoms with Gasteiger partial charge in [0.2, 0.25) is 5.95 Å². The summed E-state index contributed by atoms with van der Waals surface area (Å²) in [6.07, 6.45) is -1.66. The molecule has 0 bridgehead atoms. The number of alkyl halides is 3. The predicted octanol–water partition coefficient (Wildman–Crippen LogP) is 8.43. The SMILES string of the molecule is C[C@@H]1C[C@H](n2c(Nc3ccc(OC(F)(F)F)cc3)nc3cc(-c4ccc(C(=O)O)cc4)ccc32)CC(C)(C)C1. The van der Waals surface area contributed by atoms with Gasteiger partial charge in [0.15, 0.2) is 0 Å². The van der Waals surface area contributed by atoms with E-state index in [4.69, 9.17) is 4.98 Å². The van der Waals surface area contributed by atoms with Crippen LogP contribution in [-0.2, 0) is 0 Å². The number of carboxylic acids is 1. The molecule has 1 fully saturated rings. The Bertz CT molecular complexity index is 1490. The first kappa shape index (κ1) is 26.6. The molecule has 0 amide bonds. The molecule has 0 saturated heterocycles. The van der Waals surface area contributed by atoms with Gasteiger partial charge < -0.3 is 19.7 Å². The van der Waals surface area contributed by atoms with Crippen molar-refractivity contribution in [2.75, 3.05) is 5.32 Å². The van der Waals surface area contributed by atoms with Crippen molar-refractivity contribution < 1.29 is 27.8 Å². The van der Waals surface area contributed by atoms with Crippen molar-refractivity contribution in [2.24, 2.45) is 11.3 Å². The average molecular weight is 538 g/mol. The minimum absolute atomic E-state index is 0.151. The number of aromatic nitrogens is 2. The van der Waals surface area contributed by atoms with Gasteiger partial charge in [-0.1, -0.05) is 39.0 Å². The zero-order valence-electron chi connectivity index (χ0n) is 21.9. The van der Waals surface area contributed by atoms with Crippen LogP contribution in [0.1, 0.15) is 56.4 Å². The summed E-state index contributed by atoms with van der Waals surface area (Å²) < 4.78 is 44.0. The van der Waals surface area contributed by atoms with E-state index in [0.717, 1.165) is 41.4 Å². The van der Waals surface area contributed by atoms with Crippen molar-refractivity contribution in [3.8, 4) is 16.9 Å². The second kappa shape index (κ2) is 9.94. The van der Waals surface area contributed by atoms with Crippen LogP contribution in [-0.4, -0.2) is 27.0 Å². The number of nitrogens with zero attached hydrogens (tertiary/aromatic N) is 2. The fraction of sp³-hybridized carbons (Fsp3) is 0.333. The van der Waals surface area contributed by atoms with Crippen LogP contribution in [0.3, 0.4) is 0 Å². The Balaban J connectivity index is 1.54. The molecule has 204 valence electrons. The predicted molar refractivity (Wildman–Crippen MR) is 144 cm³/mol. The maximum Gasteiger partial charge on any atom is 0.573 e. The lowest BCUT2D eigenvalue weighted by atomic mass is 9.70. The standard InChI is InChI=1S/C30H30F3N3O3/c1-18-14-23(17-29(2,3)16-18)36-26-13-8-21(19-4-6-20(7-5-19)27(37)38)15-25(26)35-28(36)34-22-9-11-24(12-10-22)39-30(31,32)33/h4-13,15,18,23H,14,16-17H2,1-3H3,(H,34,35)(H,37,38)/t18-,23+/m1/s1. The number of benzene rings is 3. The number of halogens is 3. The van der Waals surface area contributed by atoms with E-state index in [1.54, 1.807) is 24.3 Å². The first-order valence-electron chi connectivity index (χ1n) is 12.9. The van der Waals surface area contributed by atoms with Crippen molar-refractivity contribution >= 4 is 28.6 Å². The molecule has 39 heavy (non-hydrogen) atoms. The van der Waals surface area contributed by atoms with Gasteiger partial charge in [0.25, 0.3) is 0 Å². The third kappa shape index (κ3) is 6.02. The lowest BCUT2D eigenvalue weighted by Gasteiger charge is -2.40. The number of nitrogens with one attached hydrogen (secondary N) is 1. The van der Waals surface area contributed by atoms with Gasteiger partial charge in [-0.2, -0.15) is 0 Å². The molecule has 2 atom stereocenters. The summed E-state index contributed by atoms with van der Waals surface area (Å²) in [7, 11) is 0. The first-order valence-corrected chi connectivity index (χ1v) is 12.9. The Morgan fingerprint density at radius 1 is 1.03 bits per heavy atom. The van der Waals surface area contributed by atoms with E-state index in [1.165, 1.54) is 24.3 Å². The highest BCUT2D eigenvalue weighted by Gasteiger charge is 2.35. The maximum atomic E-state index is 12.6. The highest BCUT2D eigenvalue weighted by Crippen LogP contribution is 2.46. The van der Waals surface area contributed by atoms with E-state index in [0.29, 0.717) is 17.6 Å². The quantitative estimate of drug-likeness (QED) is 0.258. The lowest BCUT2D eigenvalue weighted by Crippen LogP contribution is -2.29. The molecule has 1 heterocycles. The molecule has 4 aromatic rings. The largest absolute Gasteiger partial charge is 0.573 e. The minimum atomic E-state index is -4.75. The number of imidazole rings is 1. The number of hydrogen-bond donors (Lipinski definition) is 2. The van der Waals surface area contributed by atoms with Crippen molar-refractivity contribution in [1.82, 2.24) is 9.55 Å². The van der Waals surface area contributed by atoms with Crippen LogP contribution in [0.25, 0.3) is 22.2 Å². The Morgan fingerprint density at radius 2 is 1.69 bits per heavy atom. The maximum absolute atomic E-state index is 12.6. The monoisotopic (exact) mass is 537 g/mol. The first-order chi connectivity index (χ1) is 18.4. The van der Waals surface area contributed by atoms with E-state index in [-0.39, 0.29) is 22.8 Å². The van der Waals surface area contributed by atoms with Gasteiger partial charge in [-0.25, -0.2) is 9.78 Å². The summed E-state index contributed by atoms with van der Waals surface area (Å²) in [5, 5.41) is 12.5. The summed E-state index contributed by atoms with van der Waals surface area (Å²) in [4.78, 5) is 16.2. The second-order valence-corrected chi connectivity index (χ2v) is 11.2. The number of hydrogen-bond acceptors (Lipinski definition) is 4. The molecule has 1 aliphatic rings. The van der Waals surface area contributed by atoms with Crippen LogP contribution in [0, 0.1) is 11.3 Å². The molecule has 9 heteroatoms. The van der Waals surface area contributed by atoms with Crippen LogP contribution in [0.5, 0.6) is 5.75 Å². The highest BCUT2D eigenvalue weighted by atomic mass is 19.4. The number of carbonyl (C=O) groups is 1. The fourth-order valence-electron chi connectivity index (χ4n) is 5.90. The topological polar surface area (TPSA) is 76.4 Å². The molecule has 0 radical (unpaired) electrons. The summed E-state index contributed by atoms with van der Waals surface area (Å²) in [5.41, 5.74) is 4.46. The van der Waals surface area contributed by atoms with Crippen molar-refractivity contribution in [1.29, 1.82) is 0 Å². The molecule has 1 aliphatic carbocycles. The second-order valence-electron chi connectivity index (χ2n) is 11.2. The minimum Gasteiger partial charge on any atom is -0.478 e. The molecule has 0 aliphatic heterocycles. The van der Waals surface area contributed by atoms with Gasteiger partial charge in [0.1, 0.15) is 5.75 Å². The number of rotatable bonds is 6. The molecule has 1 saturated carbocycles. The third-order valence-corrected chi connectivity index (χ3v) is 7.23. The molecule has 6 nitrogen and oxygen atoms in total. The van der Waals surface area contributed by atoms with Crippen molar-refractivity contribution in [3.63, 3.8) is 0 Å². The van der Waals surface area contributed by atoms with E-state index in [9.17, 15) is 23.1 Å². The third-order valence-electron chi connectivity index (χ3n) is 7.23. The molecule has 2 N–H and O–H groups in total. The van der Waals surface area contributed by atoms with Crippen molar-refractivity contribution in [3.05, 3.63) is 72.3 Å². The molecule has 1 aromatic heterocycles. The Morgan fingerprint density at radius 3 is 2.31 bits per heavy atom. The van der Waals surface area contributed by atoms with Crippen LogP contribution >= 0.6 is 0 Å². The van der Waals surface area contributed by atoms with Gasteiger partial charge >= 0.3 is 12.3 Å². The zero-order valence-corrected chi connectivity index (χ0v) is 21.9. The van der Waals surface area contributed by atoms with Gasteiger partial charge in [0, 0.05) is 11.7 Å². The number of anilines is 2. The van der Waals surface area contributed by atoms with E-state index in [2.05, 4.69) is 35.4 Å². The molecule has 3 aromatic carbocycles. The molecule has 5 rings (SSSR count). The molecular weight excluding hydrogens is 507 g/mol. The summed E-state index contributed by atoms with van der Waals surface area (Å²) in [5.74, 6) is -0.130. The average Bonchev–Trinajstić information content (AvgIpc) is 3.20. The fourth-order valence-corrected chi connectivity index (χ4v) is 5.90. The lowest BCUT2D eigenvalue weighted by molar-refractivity contribution is -0.274. The zero-order chi connectivity index (χ0) is 27.9. The van der Waals surface area contributed by atoms with E-state index < -0.39 is 12.3 Å². The molecule has 0 unspecified atom stereocenters. The van der Waals surface area contributed by atoms with E-state index >= 15 is 0 Å². The van der Waals surface area contributed by atoms with Crippen LogP contribution in [0.2, 0.25) is 0 Å². The highest BCUT2D eigenvalue weighted by molar-refractivity contribution is 5.89. The number of ether oxygens (including phenoxy) is 1. The van der Waals surface area contributed by atoms with Gasteiger partial charge in [0.05, 0.1) is 16.6 Å². The Labute approximate surface area is 224 Å². The molecule has 0 spiro atoms. The summed E-state index contributed by atoms with van der Waals surface area (Å²) in [6.45, 7) is 6.82. The molecular formula is C30H30F3N3O3. The van der Waals surface area contributed by atoms with Gasteiger partial charge in [-0.3, -0.25) is 0 Å². The Kier molecular flexibility index (Phi) is 6.78. The summed E-state index contributed by atoms with van der Waals surface area (Å²) in [6, 6.07) is 18.5. The van der Waals surface area contributed by atoms with Crippen LogP contribution in [0.15, 0.2) is 66.7 Å². The number of aromatic carboxylic acids is 1. The smallest absolute Gasteiger partial charge is 0.478 e. The van der Waals surface area contributed by atoms with Gasteiger partial charge in [-0.05, 0) is 90.3 Å². The van der Waals surface area contributed by atoms with E-state index in [1.807, 2.05) is 18.2 Å². The number of fused-ring (bicyclic) bond motifs is 1. The van der Waals surface area contributed by atoms with Crippen molar-refractivity contribution in [2.45, 2.75) is 52.4 Å². The Hall–Kier alpha value is -4.01.